The maximum atomic E-state index is 13.5. The number of nitrogen functional groups attached to an aromatic ring is 1. The van der Waals surface area contributed by atoms with Crippen molar-refractivity contribution in [3.8, 4) is 40.2 Å². The van der Waals surface area contributed by atoms with Gasteiger partial charge in [0.25, 0.3) is 23.0 Å². The first-order chi connectivity index (χ1) is 57.7. The molecule has 34 heteroatoms. The van der Waals surface area contributed by atoms with E-state index in [2.05, 4.69) is 29.1 Å². The van der Waals surface area contributed by atoms with E-state index in [1.165, 1.54) is 84.9 Å². The van der Waals surface area contributed by atoms with Crippen LogP contribution in [0.2, 0.25) is 0 Å². The lowest BCUT2D eigenvalue weighted by atomic mass is 10.1. The van der Waals surface area contributed by atoms with Gasteiger partial charge in [-0.2, -0.15) is 0 Å². The molecule has 0 aliphatic carbocycles. The minimum Gasteiger partial charge on any atom is -0.491 e. The SMILES string of the molecule is C=CCOC(=O)c1ccc(NC(=O)c2ccc(N)c(OCC(C)C)c2)c(OCC(C)C)c1.C=CCOC(=O)c1ccc(NC(=O)c2ccc(NC(=O)c3ccc([N+](=O)[O-])c(OCCOC(C)(C)C)c3)c(OCC(C)C)c2)c(OCC(C)C)c1.CC(C)(C)OCCOc1cc(C(=O)Cl)ccc1[N+](=O)[O-].CC(C)(C)OCCOc1cc(C(=O)O)ccc1[N+](=O)[O-]. The quantitative estimate of drug-likeness (QED) is 0.00452. The minimum absolute atomic E-state index is 0.000917. The second-order valence-electron chi connectivity index (χ2n) is 31.7. The molecule has 7 aromatic carbocycles. The van der Waals surface area contributed by atoms with Gasteiger partial charge in [0.15, 0.2) is 17.2 Å². The predicted octanol–water partition coefficient (Wildman–Crippen LogP) is 18.3. The smallest absolute Gasteiger partial charge is 0.338 e. The molecule has 7 aromatic rings. The zero-order chi connectivity index (χ0) is 92.1. The van der Waals surface area contributed by atoms with Crippen molar-refractivity contribution in [3.63, 3.8) is 0 Å². The Labute approximate surface area is 720 Å². The molecule has 0 radical (unpaired) electrons. The van der Waals surface area contributed by atoms with Gasteiger partial charge in [-0.1, -0.05) is 80.7 Å². The molecule has 0 aliphatic rings. The Balaban J connectivity index is 0.000000375. The van der Waals surface area contributed by atoms with Crippen molar-refractivity contribution >= 4 is 92.3 Å². The number of hydrogen-bond acceptors (Lipinski definition) is 26. The van der Waals surface area contributed by atoms with Crippen LogP contribution in [0.15, 0.2) is 153 Å². The number of nitro benzene ring substituents is 3. The van der Waals surface area contributed by atoms with Crippen molar-refractivity contribution in [3.05, 3.63) is 222 Å². The summed E-state index contributed by atoms with van der Waals surface area (Å²) < 4.78 is 66.4. The third-order valence-electron chi connectivity index (χ3n) is 15.5. The molecular weight excluding hydrogens is 1620 g/mol. The van der Waals surface area contributed by atoms with Crippen LogP contribution in [-0.2, 0) is 23.7 Å². The van der Waals surface area contributed by atoms with E-state index in [1.54, 1.807) is 42.5 Å². The zero-order valence-corrected chi connectivity index (χ0v) is 73.2. The van der Waals surface area contributed by atoms with E-state index in [-0.39, 0.29) is 168 Å². The van der Waals surface area contributed by atoms with Crippen LogP contribution in [0.5, 0.6) is 40.2 Å². The summed E-state index contributed by atoms with van der Waals surface area (Å²) in [6.07, 6.45) is 2.96. The van der Waals surface area contributed by atoms with Gasteiger partial charge in [0, 0.05) is 52.6 Å². The molecular formula is C89H112ClN7O26. The van der Waals surface area contributed by atoms with Crippen LogP contribution < -0.4 is 54.8 Å². The van der Waals surface area contributed by atoms with Crippen LogP contribution >= 0.6 is 11.6 Å². The standard InChI is InChI=1S/C38H47N3O10.C25H32N2O5.C13H16ClNO5.C13H17NO6/c1-9-16-48-37(44)28-11-14-30(33(21-28)50-23-25(4)5)40-35(42)26-10-13-29(32(19-26)49-22-24(2)3)39-36(43)27-12-15-31(41(45)46)34(20-27)47-17-18-51-38(6,7)8;1-6-11-30-25(29)19-8-10-21(23(13-19)32-15-17(4)5)27-24(28)18-7-9-20(26)22(12-18)31-14-16(2)3;1-13(2,3)20-7-6-19-11-8-9(12(14)16)4-5-10(11)15(17)18;1-13(2,3)20-7-6-19-11-8-9(12(15)16)4-5-10(11)14(17)18/h9-15,19-21,24-25H,1,16-18,22-23H2,2-8H3,(H,39,43)(H,40,42);6-10,12-13,16-17H,1,11,14-15,26H2,2-5H3,(H,27,28);4-5,8H,6-7H2,1-3H3;4-5,8H,6-7H2,1-3H3,(H,15,16). The number of carboxylic acids is 1. The number of rotatable bonds is 41. The van der Waals surface area contributed by atoms with E-state index in [9.17, 15) is 63.9 Å². The van der Waals surface area contributed by atoms with Gasteiger partial charge in [-0.25, -0.2) is 14.4 Å². The van der Waals surface area contributed by atoms with E-state index in [0.29, 0.717) is 71.2 Å². The molecule has 0 spiro atoms. The van der Waals surface area contributed by atoms with E-state index < -0.39 is 55.3 Å². The first-order valence-electron chi connectivity index (χ1n) is 39.1. The Morgan fingerprint density at radius 3 is 0.951 bits per heavy atom. The van der Waals surface area contributed by atoms with E-state index in [1.807, 2.05) is 118 Å². The van der Waals surface area contributed by atoms with Gasteiger partial charge >= 0.3 is 35.0 Å². The summed E-state index contributed by atoms with van der Waals surface area (Å²) in [6.45, 7) is 42.6. The maximum absolute atomic E-state index is 13.5. The van der Waals surface area contributed by atoms with Crippen molar-refractivity contribution in [2.75, 3.05) is 101 Å². The summed E-state index contributed by atoms with van der Waals surface area (Å²) in [6, 6.07) is 29.7. The first-order valence-corrected chi connectivity index (χ1v) is 39.5. The lowest BCUT2D eigenvalue weighted by Gasteiger charge is -2.19. The molecule has 7 rings (SSSR count). The Kier molecular flexibility index (Phi) is 41.6. The van der Waals surface area contributed by atoms with Crippen LogP contribution in [0.4, 0.5) is 39.8 Å². The van der Waals surface area contributed by atoms with Gasteiger partial charge in [-0.3, -0.25) is 49.5 Å². The number of halogens is 1. The molecule has 0 aliphatic heterocycles. The Bertz CT molecular complexity index is 4700. The number of nitrogens with zero attached hydrogens (tertiary/aromatic N) is 3. The average Bonchev–Trinajstić information content (AvgIpc) is 0.799. The fourth-order valence-electron chi connectivity index (χ4n) is 9.71. The Hall–Kier alpha value is -12.7. The van der Waals surface area contributed by atoms with Crippen molar-refractivity contribution in [1.29, 1.82) is 0 Å². The minimum atomic E-state index is -1.17. The lowest BCUT2D eigenvalue weighted by molar-refractivity contribution is -0.386. The molecule has 3 amide bonds. The fraction of sp³-hybridized carbons (Fsp3) is 0.404. The molecule has 666 valence electrons. The number of esters is 2. The molecule has 0 fully saturated rings. The third kappa shape index (κ3) is 37.9. The summed E-state index contributed by atoms with van der Waals surface area (Å²) in [7, 11) is 0. The number of carbonyl (C=O) groups is 7. The highest BCUT2D eigenvalue weighted by atomic mass is 35.5. The number of carboxylic acid groups (broad SMARTS) is 1. The van der Waals surface area contributed by atoms with Crippen LogP contribution in [0, 0.1) is 54.0 Å². The molecule has 0 saturated carbocycles. The number of nitro groups is 3. The summed E-state index contributed by atoms with van der Waals surface area (Å²) in [5, 5.41) is 50.0. The molecule has 0 heterocycles. The monoisotopic (exact) mass is 1730 g/mol. The number of carbonyl (C=O) groups excluding carboxylic acids is 6. The molecule has 6 N–H and O–H groups in total. The van der Waals surface area contributed by atoms with Gasteiger partial charge < -0.3 is 83.6 Å². The molecule has 0 atom stereocenters. The highest BCUT2D eigenvalue weighted by molar-refractivity contribution is 6.67. The van der Waals surface area contributed by atoms with Crippen LogP contribution in [0.3, 0.4) is 0 Å². The highest BCUT2D eigenvalue weighted by Gasteiger charge is 2.26. The van der Waals surface area contributed by atoms with E-state index >= 15 is 0 Å². The number of hydrogen-bond donors (Lipinski definition) is 5. The van der Waals surface area contributed by atoms with Crippen molar-refractivity contribution in [1.82, 2.24) is 0 Å². The van der Waals surface area contributed by atoms with Gasteiger partial charge in [0.05, 0.1) is 117 Å². The highest BCUT2D eigenvalue weighted by Crippen LogP contribution is 2.36. The fourth-order valence-corrected chi connectivity index (χ4v) is 9.83. The van der Waals surface area contributed by atoms with Gasteiger partial charge in [0.1, 0.15) is 56.0 Å². The summed E-state index contributed by atoms with van der Waals surface area (Å²) >= 11 is 5.34. The van der Waals surface area contributed by atoms with Crippen LogP contribution in [0.1, 0.15) is 190 Å². The number of ether oxygens (including phenoxy) is 12. The number of benzene rings is 7. The maximum Gasteiger partial charge on any atom is 0.338 e. The van der Waals surface area contributed by atoms with Crippen LogP contribution in [-0.4, -0.2) is 157 Å². The van der Waals surface area contributed by atoms with Gasteiger partial charge in [-0.05, 0) is 195 Å². The molecule has 0 unspecified atom stereocenters. The topological polar surface area (TPSA) is 442 Å². The number of amides is 3. The molecule has 0 aromatic heterocycles. The normalized spacial score (nSPS) is 11.0. The Morgan fingerprint density at radius 1 is 0.390 bits per heavy atom. The number of nitrogens with two attached hydrogens (primary N) is 1. The van der Waals surface area contributed by atoms with Crippen LogP contribution in [0.25, 0.3) is 0 Å². The van der Waals surface area contributed by atoms with Crippen molar-refractivity contribution in [2.45, 2.75) is 135 Å². The first kappa shape index (κ1) is 103. The van der Waals surface area contributed by atoms with Gasteiger partial charge in [-0.15, -0.1) is 0 Å². The number of aromatic carboxylic acids is 1. The largest absolute Gasteiger partial charge is 0.491 e. The van der Waals surface area contributed by atoms with E-state index in [4.69, 9.17) is 79.3 Å². The molecule has 0 bridgehead atoms. The molecule has 0 saturated heterocycles. The average molecular weight is 1730 g/mol. The van der Waals surface area contributed by atoms with E-state index in [0.717, 1.165) is 12.1 Å². The summed E-state index contributed by atoms with van der Waals surface area (Å²) in [4.78, 5) is 118. The molecule has 33 nitrogen and oxygen atoms in total. The second-order valence-corrected chi connectivity index (χ2v) is 32.0. The van der Waals surface area contributed by atoms with Crippen molar-refractivity contribution < 1.29 is 110 Å². The summed E-state index contributed by atoms with van der Waals surface area (Å²) in [5.74, 6) is -1.56. The second kappa shape index (κ2) is 49.9. The number of anilines is 4. The number of nitrogens with one attached hydrogen (secondary N) is 3. The van der Waals surface area contributed by atoms with Crippen molar-refractivity contribution in [2.24, 2.45) is 23.7 Å². The predicted molar refractivity (Wildman–Crippen MR) is 466 cm³/mol. The molecule has 123 heavy (non-hydrogen) atoms. The van der Waals surface area contributed by atoms with Gasteiger partial charge in [0.2, 0.25) is 0 Å². The lowest BCUT2D eigenvalue weighted by Crippen LogP contribution is -2.22. The zero-order valence-electron chi connectivity index (χ0n) is 72.4. The third-order valence-corrected chi connectivity index (χ3v) is 15.7. The Morgan fingerprint density at radius 2 is 0.650 bits per heavy atom. The summed E-state index contributed by atoms with van der Waals surface area (Å²) in [5.41, 5.74) is 7.01.